The van der Waals surface area contributed by atoms with E-state index in [9.17, 15) is 41.1 Å². The zero-order chi connectivity index (χ0) is 44.3. The monoisotopic (exact) mass is 840 g/mol. The molecule has 17 heteroatoms. The van der Waals surface area contributed by atoms with E-state index in [0.29, 0.717) is 41.1 Å². The number of carbonyl (C=O) groups is 3. The molecule has 2 heterocycles. The van der Waals surface area contributed by atoms with E-state index in [-0.39, 0.29) is 42.8 Å². The maximum atomic E-state index is 14.5. The lowest BCUT2D eigenvalue weighted by molar-refractivity contribution is -0.165. The van der Waals surface area contributed by atoms with Crippen LogP contribution in [-0.2, 0) is 46.5 Å². The summed E-state index contributed by atoms with van der Waals surface area (Å²) in [5, 5.41) is 32.9. The summed E-state index contributed by atoms with van der Waals surface area (Å²) in [7, 11) is 0. The third-order valence-electron chi connectivity index (χ3n) is 9.77. The van der Waals surface area contributed by atoms with E-state index in [1.807, 2.05) is 38.1 Å². The van der Waals surface area contributed by atoms with Crippen LogP contribution < -0.4 is 5.43 Å². The van der Waals surface area contributed by atoms with Gasteiger partial charge >= 0.3 is 18.1 Å². The number of amides is 1. The normalized spacial score (nSPS) is 12.4. The smallest absolute Gasteiger partial charge is 0.416 e. The number of aliphatic hydroxyl groups is 2. The van der Waals surface area contributed by atoms with E-state index in [2.05, 4.69) is 9.88 Å². The maximum absolute atomic E-state index is 14.5. The number of aromatic nitrogens is 2. The number of hydrogen-bond acceptors (Lipinski definition) is 8. The number of benzene rings is 3. The predicted octanol–water partition coefficient (Wildman–Crippen LogP) is 5.70. The molecule has 0 radical (unpaired) electrons. The fourth-order valence-corrected chi connectivity index (χ4v) is 6.25. The average molecular weight is 841 g/mol. The Morgan fingerprint density at radius 2 is 1.38 bits per heavy atom. The quantitative estimate of drug-likeness (QED) is 0.0903. The zero-order valence-electron chi connectivity index (χ0n) is 33.0. The zero-order valence-corrected chi connectivity index (χ0v) is 33.0. The molecule has 12 nitrogen and oxygen atoms in total. The fraction of sp³-hybridized carbons (Fsp3) is 0.326. The van der Waals surface area contributed by atoms with Gasteiger partial charge < -0.3 is 34.8 Å². The molecule has 0 aliphatic heterocycles. The Morgan fingerprint density at radius 3 is 1.93 bits per heavy atom. The van der Waals surface area contributed by atoms with Gasteiger partial charge in [0, 0.05) is 37.1 Å². The minimum Gasteiger partial charge on any atom is -0.479 e. The molecular weight excluding hydrogens is 795 g/mol. The standard InChI is InChI=1S/C39H39F5N4O2.C4H6O6/c1-4-46(5-2)21-22-47(24-27-10-12-28(13-11-27)29-14-17-31(18-15-29)39(42,43)44)36(50)25-48-32(19-16-30-7-6-8-34(40)37(30)41)23-35(49)33-20-9-26(3)45-38(33)48;5-1(3(7)8)2(6)4(9)10/h6-15,17-18,20,23H,4-5,16,19,21-22,24-25H2,1-3H3;1-2,5-6H,(H,7,8)(H,9,10). The minimum atomic E-state index is -4.42. The second kappa shape index (κ2) is 20.8. The number of carboxylic acid groups (broad SMARTS) is 2. The van der Waals surface area contributed by atoms with Crippen LogP contribution in [0.2, 0.25) is 0 Å². The first-order chi connectivity index (χ1) is 28.3. The number of nitrogens with zero attached hydrogens (tertiary/aromatic N) is 4. The van der Waals surface area contributed by atoms with E-state index in [1.54, 1.807) is 28.5 Å². The molecule has 3 aromatic carbocycles. The molecule has 2 unspecified atom stereocenters. The molecule has 0 saturated carbocycles. The molecule has 2 aromatic heterocycles. The number of fused-ring (bicyclic) bond motifs is 1. The fourth-order valence-electron chi connectivity index (χ4n) is 6.25. The molecule has 0 saturated heterocycles. The van der Waals surface area contributed by atoms with Gasteiger partial charge in [-0.1, -0.05) is 62.4 Å². The van der Waals surface area contributed by atoms with E-state index >= 15 is 0 Å². The number of carbonyl (C=O) groups excluding carboxylic acids is 1. The van der Waals surface area contributed by atoms with Crippen molar-refractivity contribution in [1.82, 2.24) is 19.4 Å². The second-order valence-corrected chi connectivity index (χ2v) is 13.8. The molecule has 1 amide bonds. The second-order valence-electron chi connectivity index (χ2n) is 13.8. The summed E-state index contributed by atoms with van der Waals surface area (Å²) in [5.41, 5.74) is 2.83. The van der Waals surface area contributed by atoms with Crippen molar-refractivity contribution in [1.29, 1.82) is 0 Å². The lowest BCUT2D eigenvalue weighted by Gasteiger charge is -2.28. The van der Waals surface area contributed by atoms with Gasteiger partial charge in [0.1, 0.15) is 12.2 Å². The molecule has 60 heavy (non-hydrogen) atoms. The number of aliphatic carboxylic acids is 2. The number of carboxylic acids is 2. The van der Waals surface area contributed by atoms with Crippen LogP contribution in [0.1, 0.15) is 41.9 Å². The number of aryl methyl sites for hydroxylation is 3. The first kappa shape index (κ1) is 46.6. The molecule has 0 aliphatic rings. The highest BCUT2D eigenvalue weighted by Crippen LogP contribution is 2.31. The summed E-state index contributed by atoms with van der Waals surface area (Å²) in [4.78, 5) is 55.5. The minimum absolute atomic E-state index is 0.103. The molecule has 320 valence electrons. The number of hydrogen-bond donors (Lipinski definition) is 4. The molecule has 2 atom stereocenters. The lowest BCUT2D eigenvalue weighted by Crippen LogP contribution is -2.40. The van der Waals surface area contributed by atoms with Gasteiger partial charge in [0.25, 0.3) is 0 Å². The van der Waals surface area contributed by atoms with Crippen molar-refractivity contribution < 1.29 is 56.8 Å². The van der Waals surface area contributed by atoms with Crippen LogP contribution in [0.15, 0.2) is 89.7 Å². The van der Waals surface area contributed by atoms with Crippen molar-refractivity contribution in [2.45, 2.75) is 65.1 Å². The van der Waals surface area contributed by atoms with E-state index in [4.69, 9.17) is 20.4 Å². The Hall–Kier alpha value is -6.04. The topological polar surface area (TPSA) is 173 Å². The van der Waals surface area contributed by atoms with Crippen molar-refractivity contribution in [2.75, 3.05) is 26.2 Å². The summed E-state index contributed by atoms with van der Waals surface area (Å²) < 4.78 is 69.3. The number of pyridine rings is 2. The van der Waals surface area contributed by atoms with Gasteiger partial charge in [-0.05, 0) is 85.4 Å². The summed E-state index contributed by atoms with van der Waals surface area (Å²) in [5.74, 6) is -5.67. The molecule has 5 rings (SSSR count). The summed E-state index contributed by atoms with van der Waals surface area (Å²) in [6.45, 7) is 8.64. The molecule has 0 aliphatic carbocycles. The van der Waals surface area contributed by atoms with E-state index in [1.165, 1.54) is 30.3 Å². The van der Waals surface area contributed by atoms with Crippen molar-refractivity contribution in [3.05, 3.63) is 135 Å². The Labute approximate surface area is 341 Å². The lowest BCUT2D eigenvalue weighted by atomic mass is 10.0. The van der Waals surface area contributed by atoms with Crippen LogP contribution in [-0.4, -0.2) is 96.0 Å². The summed E-state index contributed by atoms with van der Waals surface area (Å²) in [6.07, 6.45) is -8.68. The first-order valence-electron chi connectivity index (χ1n) is 18.9. The van der Waals surface area contributed by atoms with Gasteiger partial charge in [-0.3, -0.25) is 9.59 Å². The Kier molecular flexibility index (Phi) is 16.2. The molecule has 0 bridgehead atoms. The number of alkyl halides is 3. The number of aliphatic hydroxyl groups excluding tert-OH is 2. The van der Waals surface area contributed by atoms with Crippen LogP contribution in [0, 0.1) is 18.6 Å². The van der Waals surface area contributed by atoms with Gasteiger partial charge in [0.2, 0.25) is 5.91 Å². The van der Waals surface area contributed by atoms with Gasteiger partial charge in [-0.15, -0.1) is 0 Å². The summed E-state index contributed by atoms with van der Waals surface area (Å²) >= 11 is 0. The van der Waals surface area contributed by atoms with Crippen molar-refractivity contribution in [3.63, 3.8) is 0 Å². The predicted molar refractivity (Wildman–Crippen MR) is 212 cm³/mol. The Balaban J connectivity index is 0.000000703. The SMILES string of the molecule is CCN(CC)CCN(Cc1ccc(-c2ccc(C(F)(F)F)cc2)cc1)C(=O)Cn1c(CCc2cccc(F)c2F)cc(=O)c2ccc(C)nc21.O=C(O)C(O)C(O)C(=O)O. The van der Waals surface area contributed by atoms with Crippen molar-refractivity contribution in [2.24, 2.45) is 0 Å². The van der Waals surface area contributed by atoms with Gasteiger partial charge in [0.15, 0.2) is 29.3 Å². The number of likely N-dealkylation sites (N-methyl/N-ethyl adjacent to an activating group) is 1. The van der Waals surface area contributed by atoms with Crippen LogP contribution in [0.25, 0.3) is 22.2 Å². The third-order valence-corrected chi connectivity index (χ3v) is 9.77. The average Bonchev–Trinajstić information content (AvgIpc) is 3.21. The van der Waals surface area contributed by atoms with Gasteiger partial charge in [0.05, 0.1) is 10.9 Å². The highest BCUT2D eigenvalue weighted by atomic mass is 19.4. The van der Waals surface area contributed by atoms with Crippen LogP contribution >= 0.6 is 0 Å². The van der Waals surface area contributed by atoms with Crippen molar-refractivity contribution >= 4 is 28.9 Å². The third kappa shape index (κ3) is 12.2. The largest absolute Gasteiger partial charge is 0.479 e. The first-order valence-corrected chi connectivity index (χ1v) is 18.9. The molecule has 5 aromatic rings. The number of halogens is 5. The van der Waals surface area contributed by atoms with Gasteiger partial charge in [-0.2, -0.15) is 13.2 Å². The van der Waals surface area contributed by atoms with Crippen LogP contribution in [0.3, 0.4) is 0 Å². The van der Waals surface area contributed by atoms with E-state index < -0.39 is 47.5 Å². The Bertz CT molecular complexity index is 2310. The maximum Gasteiger partial charge on any atom is 0.416 e. The van der Waals surface area contributed by atoms with Crippen molar-refractivity contribution in [3.8, 4) is 11.1 Å². The van der Waals surface area contributed by atoms with Gasteiger partial charge in [-0.25, -0.2) is 23.4 Å². The molecule has 0 spiro atoms. The van der Waals surface area contributed by atoms with Crippen LogP contribution in [0.4, 0.5) is 22.0 Å². The van der Waals surface area contributed by atoms with E-state index in [0.717, 1.165) is 42.4 Å². The molecule has 0 fully saturated rings. The summed E-state index contributed by atoms with van der Waals surface area (Å²) in [6, 6.07) is 21.1. The van der Waals surface area contributed by atoms with Crippen LogP contribution in [0.5, 0.6) is 0 Å². The highest BCUT2D eigenvalue weighted by molar-refractivity contribution is 5.83. The number of rotatable bonds is 16. The molecular formula is C43H45F5N4O8. The Morgan fingerprint density at radius 1 is 0.800 bits per heavy atom. The molecule has 4 N–H and O–H groups in total. The highest BCUT2D eigenvalue weighted by Gasteiger charge is 2.30.